The Hall–Kier alpha value is -2.88. The van der Waals surface area contributed by atoms with Crippen LogP contribution in [0.4, 0.5) is 0 Å². The number of allylic oxidation sites excluding steroid dienone is 1. The van der Waals surface area contributed by atoms with Crippen molar-refractivity contribution in [3.05, 3.63) is 71.8 Å². The number of amides is 1. The number of methoxy groups -OCH3 is 1. The van der Waals surface area contributed by atoms with E-state index in [2.05, 4.69) is 10.5 Å². The predicted octanol–water partition coefficient (Wildman–Crippen LogP) is 3.51. The molecule has 2 aromatic carbocycles. The number of carbonyl (C=O) groups is 1. The summed E-state index contributed by atoms with van der Waals surface area (Å²) in [4.78, 5) is 11.9. The third-order valence-electron chi connectivity index (χ3n) is 3.00. The van der Waals surface area contributed by atoms with Gasteiger partial charge in [-0.05, 0) is 42.8 Å². The lowest BCUT2D eigenvalue weighted by Gasteiger charge is -2.02. The van der Waals surface area contributed by atoms with Crippen molar-refractivity contribution in [2.24, 2.45) is 5.10 Å². The Balaban J connectivity index is 1.94. The van der Waals surface area contributed by atoms with E-state index in [1.165, 1.54) is 0 Å². The number of hydrogen-bond donors (Lipinski definition) is 1. The second kappa shape index (κ2) is 7.78. The molecule has 0 aliphatic carbocycles. The van der Waals surface area contributed by atoms with Gasteiger partial charge in [-0.25, -0.2) is 5.43 Å². The number of nitrogens with zero attached hydrogens (tertiary/aromatic N) is 1. The number of hydrogen-bond acceptors (Lipinski definition) is 3. The highest BCUT2D eigenvalue weighted by molar-refractivity contribution is 5.99. The molecule has 0 aliphatic rings. The first-order valence-corrected chi connectivity index (χ1v) is 6.91. The first-order valence-electron chi connectivity index (χ1n) is 6.91. The van der Waals surface area contributed by atoms with Gasteiger partial charge in [0.2, 0.25) is 0 Å². The molecule has 0 radical (unpaired) electrons. The summed E-state index contributed by atoms with van der Waals surface area (Å²) in [7, 11) is 1.59. The van der Waals surface area contributed by atoms with Crippen molar-refractivity contribution in [2.45, 2.75) is 6.92 Å². The lowest BCUT2D eigenvalue weighted by molar-refractivity contribution is 0.0955. The van der Waals surface area contributed by atoms with E-state index < -0.39 is 0 Å². The van der Waals surface area contributed by atoms with Crippen LogP contribution in [0.15, 0.2) is 65.8 Å². The van der Waals surface area contributed by atoms with E-state index in [4.69, 9.17) is 4.74 Å². The van der Waals surface area contributed by atoms with Gasteiger partial charge in [-0.2, -0.15) is 5.10 Å². The Bertz CT molecular complexity index is 674. The molecule has 4 nitrogen and oxygen atoms in total. The molecule has 0 aliphatic heterocycles. The summed E-state index contributed by atoms with van der Waals surface area (Å²) in [6.45, 7) is 1.83. The number of hydrazone groups is 1. The second-order valence-electron chi connectivity index (χ2n) is 4.67. The van der Waals surface area contributed by atoms with Gasteiger partial charge < -0.3 is 4.74 Å². The summed E-state index contributed by atoms with van der Waals surface area (Å²) < 4.78 is 5.05. The number of benzene rings is 2. The zero-order valence-electron chi connectivity index (χ0n) is 12.6. The highest BCUT2D eigenvalue weighted by Crippen LogP contribution is 2.11. The monoisotopic (exact) mass is 294 g/mol. The van der Waals surface area contributed by atoms with Crippen LogP contribution in [0.1, 0.15) is 22.8 Å². The van der Waals surface area contributed by atoms with Crippen molar-refractivity contribution in [3.8, 4) is 5.75 Å². The minimum atomic E-state index is -0.255. The maximum atomic E-state index is 11.9. The molecule has 1 N–H and O–H groups in total. The van der Waals surface area contributed by atoms with Crippen molar-refractivity contribution >= 4 is 17.7 Å². The van der Waals surface area contributed by atoms with Crippen LogP contribution in [0.5, 0.6) is 5.75 Å². The van der Waals surface area contributed by atoms with Crippen LogP contribution in [0.3, 0.4) is 0 Å². The van der Waals surface area contributed by atoms with E-state index in [-0.39, 0.29) is 5.91 Å². The van der Waals surface area contributed by atoms with Gasteiger partial charge in [0.1, 0.15) is 5.75 Å². The summed E-state index contributed by atoms with van der Waals surface area (Å²) in [6.07, 6.45) is 3.79. The highest BCUT2D eigenvalue weighted by Gasteiger charge is 2.03. The van der Waals surface area contributed by atoms with Crippen LogP contribution in [0.25, 0.3) is 6.08 Å². The van der Waals surface area contributed by atoms with Crippen molar-refractivity contribution in [2.75, 3.05) is 7.11 Å². The molecule has 0 spiro atoms. The molecule has 0 bridgehead atoms. The summed E-state index contributed by atoms with van der Waals surface area (Å²) in [5.74, 6) is 0.456. The molecular weight excluding hydrogens is 276 g/mol. The van der Waals surface area contributed by atoms with Crippen molar-refractivity contribution in [1.82, 2.24) is 5.43 Å². The van der Waals surface area contributed by atoms with Gasteiger partial charge in [0, 0.05) is 5.56 Å². The Morgan fingerprint density at radius 3 is 2.41 bits per heavy atom. The molecule has 2 aromatic rings. The number of nitrogens with one attached hydrogen (secondary N) is 1. The molecule has 1 amide bonds. The van der Waals surface area contributed by atoms with E-state index in [0.717, 1.165) is 5.56 Å². The van der Waals surface area contributed by atoms with Crippen molar-refractivity contribution < 1.29 is 9.53 Å². The first-order chi connectivity index (χ1) is 10.7. The summed E-state index contributed by atoms with van der Waals surface area (Å²) in [6, 6.07) is 16.8. The molecule has 2 rings (SSSR count). The third kappa shape index (κ3) is 4.59. The molecule has 4 heteroatoms. The smallest absolute Gasteiger partial charge is 0.271 e. The van der Waals surface area contributed by atoms with Crippen LogP contribution >= 0.6 is 0 Å². The lowest BCUT2D eigenvalue weighted by atomic mass is 10.2. The van der Waals surface area contributed by atoms with Crippen molar-refractivity contribution in [3.63, 3.8) is 0 Å². The summed E-state index contributed by atoms with van der Waals surface area (Å²) >= 11 is 0. The number of rotatable bonds is 5. The second-order valence-corrected chi connectivity index (χ2v) is 4.67. The molecular formula is C18H18N2O2. The normalized spacial score (nSPS) is 11.5. The zero-order valence-corrected chi connectivity index (χ0v) is 12.6. The molecule has 112 valence electrons. The summed E-state index contributed by atoms with van der Waals surface area (Å²) in [5, 5.41) is 4.06. The van der Waals surface area contributed by atoms with Gasteiger partial charge in [-0.15, -0.1) is 0 Å². The van der Waals surface area contributed by atoms with E-state index in [0.29, 0.717) is 17.0 Å². The van der Waals surface area contributed by atoms with Gasteiger partial charge in [0.25, 0.3) is 5.91 Å². The minimum Gasteiger partial charge on any atom is -0.497 e. The van der Waals surface area contributed by atoms with E-state index in [9.17, 15) is 4.79 Å². The molecule has 0 atom stereocenters. The number of ether oxygens (including phenoxy) is 1. The molecule has 0 fully saturated rings. The lowest BCUT2D eigenvalue weighted by Crippen LogP contribution is -2.18. The molecule has 0 heterocycles. The van der Waals surface area contributed by atoms with E-state index in [1.807, 2.05) is 49.4 Å². The van der Waals surface area contributed by atoms with E-state index >= 15 is 0 Å². The van der Waals surface area contributed by atoms with Crippen LogP contribution in [-0.4, -0.2) is 18.7 Å². The highest BCUT2D eigenvalue weighted by atomic mass is 16.5. The average molecular weight is 294 g/mol. The van der Waals surface area contributed by atoms with Gasteiger partial charge >= 0.3 is 0 Å². The van der Waals surface area contributed by atoms with Gasteiger partial charge in [0.15, 0.2) is 0 Å². The molecule has 22 heavy (non-hydrogen) atoms. The third-order valence-corrected chi connectivity index (χ3v) is 3.00. The Kier molecular flexibility index (Phi) is 5.49. The first kappa shape index (κ1) is 15.5. The van der Waals surface area contributed by atoms with Gasteiger partial charge in [-0.1, -0.05) is 36.4 Å². The van der Waals surface area contributed by atoms with Gasteiger partial charge in [-0.3, -0.25) is 4.79 Å². The van der Waals surface area contributed by atoms with Crippen LogP contribution in [0, 0.1) is 0 Å². The molecule has 0 saturated heterocycles. The summed E-state index contributed by atoms with van der Waals surface area (Å²) in [5.41, 5.74) is 4.86. The Morgan fingerprint density at radius 1 is 1.09 bits per heavy atom. The van der Waals surface area contributed by atoms with Crippen LogP contribution < -0.4 is 10.2 Å². The fourth-order valence-corrected chi connectivity index (χ4v) is 1.76. The predicted molar refractivity (Wildman–Crippen MR) is 89.0 cm³/mol. The van der Waals surface area contributed by atoms with E-state index in [1.54, 1.807) is 31.4 Å². The average Bonchev–Trinajstić information content (AvgIpc) is 2.58. The molecule has 0 saturated carbocycles. The fraction of sp³-hybridized carbons (Fsp3) is 0.111. The van der Waals surface area contributed by atoms with Crippen molar-refractivity contribution in [1.29, 1.82) is 0 Å². The largest absolute Gasteiger partial charge is 0.497 e. The topological polar surface area (TPSA) is 50.7 Å². The maximum absolute atomic E-state index is 11.9. The number of carbonyl (C=O) groups excluding carboxylic acids is 1. The standard InChI is InChI=1S/C18H18N2O2/c1-14(8-9-15-6-4-3-5-7-15)19-20-18(21)16-10-12-17(22-2)13-11-16/h3-13H,1-2H3,(H,20,21). The SMILES string of the molecule is COc1ccc(C(=O)NN=C(C)C=Cc2ccccc2)cc1. The Morgan fingerprint density at radius 2 is 1.77 bits per heavy atom. The molecule has 0 aromatic heterocycles. The fourth-order valence-electron chi connectivity index (χ4n) is 1.76. The van der Waals surface area contributed by atoms with Crippen LogP contribution in [0.2, 0.25) is 0 Å². The minimum absolute atomic E-state index is 0.255. The zero-order chi connectivity index (χ0) is 15.8. The maximum Gasteiger partial charge on any atom is 0.271 e. The quantitative estimate of drug-likeness (QED) is 0.677. The Labute approximate surface area is 130 Å². The molecule has 0 unspecified atom stereocenters. The van der Waals surface area contributed by atoms with Crippen LogP contribution in [-0.2, 0) is 0 Å². The van der Waals surface area contributed by atoms with Gasteiger partial charge in [0.05, 0.1) is 12.8 Å².